The Morgan fingerprint density at radius 1 is 1.39 bits per heavy atom. The molecule has 1 atom stereocenters. The van der Waals surface area contributed by atoms with Gasteiger partial charge in [0.25, 0.3) is 5.91 Å². The largest absolute Gasteiger partial charge is 0.508 e. The van der Waals surface area contributed by atoms with Gasteiger partial charge >= 0.3 is 0 Å². The van der Waals surface area contributed by atoms with Gasteiger partial charge in [-0.05, 0) is 17.7 Å². The van der Waals surface area contributed by atoms with E-state index in [2.05, 4.69) is 0 Å². The monoisotopic (exact) mass is 251 g/mol. The van der Waals surface area contributed by atoms with Crippen LogP contribution in [0.15, 0.2) is 24.3 Å². The van der Waals surface area contributed by atoms with E-state index in [0.717, 1.165) is 5.56 Å². The zero-order valence-corrected chi connectivity index (χ0v) is 10.3. The van der Waals surface area contributed by atoms with Crippen LogP contribution in [0.5, 0.6) is 5.75 Å². The fourth-order valence-corrected chi connectivity index (χ4v) is 1.83. The third-order valence-electron chi connectivity index (χ3n) is 2.82. The van der Waals surface area contributed by atoms with Crippen LogP contribution in [0.25, 0.3) is 0 Å². The van der Waals surface area contributed by atoms with Crippen molar-refractivity contribution in [3.63, 3.8) is 0 Å². The molecule has 18 heavy (non-hydrogen) atoms. The molecule has 1 fully saturated rings. The minimum absolute atomic E-state index is 0.0808. The van der Waals surface area contributed by atoms with Crippen molar-refractivity contribution in [2.24, 2.45) is 0 Å². The van der Waals surface area contributed by atoms with Gasteiger partial charge in [-0.15, -0.1) is 0 Å². The van der Waals surface area contributed by atoms with Crippen molar-refractivity contribution >= 4 is 5.91 Å². The Morgan fingerprint density at radius 3 is 2.72 bits per heavy atom. The van der Waals surface area contributed by atoms with E-state index in [0.29, 0.717) is 26.4 Å². The maximum atomic E-state index is 12.0. The Kier molecular flexibility index (Phi) is 4.17. The Labute approximate surface area is 106 Å². The van der Waals surface area contributed by atoms with Gasteiger partial charge in [0, 0.05) is 13.6 Å². The molecule has 0 spiro atoms. The fraction of sp³-hybridized carbons (Fsp3) is 0.462. The van der Waals surface area contributed by atoms with Crippen LogP contribution in [-0.2, 0) is 20.8 Å². The molecular weight excluding hydrogens is 234 g/mol. The number of carbonyl (C=O) groups excluding carboxylic acids is 1. The number of hydrogen-bond acceptors (Lipinski definition) is 4. The zero-order chi connectivity index (χ0) is 13.0. The lowest BCUT2D eigenvalue weighted by Gasteiger charge is -2.26. The van der Waals surface area contributed by atoms with E-state index in [1.807, 2.05) is 0 Å². The van der Waals surface area contributed by atoms with E-state index in [9.17, 15) is 9.90 Å². The highest BCUT2D eigenvalue weighted by molar-refractivity contribution is 5.80. The lowest BCUT2D eigenvalue weighted by Crippen LogP contribution is -2.43. The summed E-state index contributed by atoms with van der Waals surface area (Å²) in [4.78, 5) is 13.6. The maximum Gasteiger partial charge on any atom is 0.254 e. The topological polar surface area (TPSA) is 59.0 Å². The number of nitrogens with zero attached hydrogens (tertiary/aromatic N) is 1. The van der Waals surface area contributed by atoms with Gasteiger partial charge in [0.1, 0.15) is 5.75 Å². The van der Waals surface area contributed by atoms with Gasteiger partial charge in [-0.1, -0.05) is 12.1 Å². The number of rotatable bonds is 3. The first-order valence-electron chi connectivity index (χ1n) is 5.89. The lowest BCUT2D eigenvalue weighted by atomic mass is 10.2. The first-order valence-corrected chi connectivity index (χ1v) is 5.89. The standard InChI is InChI=1S/C13H17NO4/c1-14(8-10-2-4-11(15)5-3-10)13(16)12-9-17-6-7-18-12/h2-5,12,15H,6-9H2,1H3. The SMILES string of the molecule is CN(Cc1ccc(O)cc1)C(=O)C1COCCO1. The van der Waals surface area contributed by atoms with Gasteiger partial charge in [-0.25, -0.2) is 0 Å². The molecule has 1 aromatic rings. The minimum atomic E-state index is -0.499. The smallest absolute Gasteiger partial charge is 0.254 e. The van der Waals surface area contributed by atoms with E-state index in [1.54, 1.807) is 36.2 Å². The molecule has 0 bridgehead atoms. The van der Waals surface area contributed by atoms with E-state index in [4.69, 9.17) is 9.47 Å². The van der Waals surface area contributed by atoms with Crippen LogP contribution in [0.4, 0.5) is 0 Å². The first-order chi connectivity index (χ1) is 8.66. The molecular formula is C13H17NO4. The summed E-state index contributed by atoms with van der Waals surface area (Å²) < 4.78 is 10.6. The number of benzene rings is 1. The second-order valence-electron chi connectivity index (χ2n) is 4.30. The summed E-state index contributed by atoms with van der Waals surface area (Å²) in [7, 11) is 1.73. The molecule has 0 radical (unpaired) electrons. The molecule has 5 nitrogen and oxygen atoms in total. The van der Waals surface area contributed by atoms with Gasteiger partial charge < -0.3 is 19.5 Å². The number of aromatic hydroxyl groups is 1. The summed E-state index contributed by atoms with van der Waals surface area (Å²) in [6.07, 6.45) is -0.499. The first kappa shape index (κ1) is 12.9. The third-order valence-corrected chi connectivity index (χ3v) is 2.82. The second-order valence-corrected chi connectivity index (χ2v) is 4.30. The van der Waals surface area contributed by atoms with Crippen LogP contribution in [-0.4, -0.2) is 48.9 Å². The van der Waals surface area contributed by atoms with E-state index in [1.165, 1.54) is 0 Å². The van der Waals surface area contributed by atoms with Crippen LogP contribution in [0.3, 0.4) is 0 Å². The van der Waals surface area contributed by atoms with Crippen molar-refractivity contribution in [2.75, 3.05) is 26.9 Å². The summed E-state index contributed by atoms with van der Waals surface area (Å²) in [6.45, 7) is 1.81. The molecule has 2 rings (SSSR count). The zero-order valence-electron chi connectivity index (χ0n) is 10.3. The molecule has 1 N–H and O–H groups in total. The highest BCUT2D eigenvalue weighted by Crippen LogP contribution is 2.12. The highest BCUT2D eigenvalue weighted by atomic mass is 16.6. The Hall–Kier alpha value is -1.59. The molecule has 1 aliphatic rings. The maximum absolute atomic E-state index is 12.0. The molecule has 5 heteroatoms. The quantitative estimate of drug-likeness (QED) is 0.862. The second kappa shape index (κ2) is 5.84. The molecule has 1 heterocycles. The molecule has 0 aromatic heterocycles. The molecule has 1 amide bonds. The van der Waals surface area contributed by atoms with Crippen molar-refractivity contribution in [3.05, 3.63) is 29.8 Å². The Bertz CT molecular complexity index is 398. The number of ether oxygens (including phenoxy) is 2. The average Bonchev–Trinajstić information content (AvgIpc) is 2.41. The Balaban J connectivity index is 1.92. The molecule has 0 aliphatic carbocycles. The fourth-order valence-electron chi connectivity index (χ4n) is 1.83. The van der Waals surface area contributed by atoms with Crippen molar-refractivity contribution in [3.8, 4) is 5.75 Å². The number of phenolic OH excluding ortho intramolecular Hbond substituents is 1. The molecule has 98 valence electrons. The van der Waals surface area contributed by atoms with Gasteiger partial charge in [0.05, 0.1) is 19.8 Å². The van der Waals surface area contributed by atoms with E-state index in [-0.39, 0.29) is 11.7 Å². The number of likely N-dealkylation sites (N-methyl/N-ethyl adjacent to an activating group) is 1. The van der Waals surface area contributed by atoms with Gasteiger partial charge in [-0.2, -0.15) is 0 Å². The van der Waals surface area contributed by atoms with Gasteiger partial charge in [-0.3, -0.25) is 4.79 Å². The van der Waals surface area contributed by atoms with Crippen LogP contribution >= 0.6 is 0 Å². The van der Waals surface area contributed by atoms with Crippen LogP contribution in [0.2, 0.25) is 0 Å². The number of amides is 1. The average molecular weight is 251 g/mol. The molecule has 1 unspecified atom stereocenters. The van der Waals surface area contributed by atoms with Crippen molar-refractivity contribution < 1.29 is 19.4 Å². The minimum Gasteiger partial charge on any atom is -0.508 e. The van der Waals surface area contributed by atoms with Crippen LogP contribution < -0.4 is 0 Å². The van der Waals surface area contributed by atoms with Gasteiger partial charge in [0.15, 0.2) is 6.10 Å². The van der Waals surface area contributed by atoms with Crippen molar-refractivity contribution in [1.82, 2.24) is 4.90 Å². The van der Waals surface area contributed by atoms with Gasteiger partial charge in [0.2, 0.25) is 0 Å². The number of phenols is 1. The van der Waals surface area contributed by atoms with Crippen molar-refractivity contribution in [2.45, 2.75) is 12.6 Å². The molecule has 1 saturated heterocycles. The summed E-state index contributed by atoms with van der Waals surface area (Å²) in [5.74, 6) is 0.138. The summed E-state index contributed by atoms with van der Waals surface area (Å²) >= 11 is 0. The molecule has 0 saturated carbocycles. The van der Waals surface area contributed by atoms with Crippen LogP contribution in [0.1, 0.15) is 5.56 Å². The van der Waals surface area contributed by atoms with Crippen molar-refractivity contribution in [1.29, 1.82) is 0 Å². The Morgan fingerprint density at radius 2 is 2.11 bits per heavy atom. The summed E-state index contributed by atoms with van der Waals surface area (Å²) in [5.41, 5.74) is 0.959. The summed E-state index contributed by atoms with van der Waals surface area (Å²) in [6, 6.07) is 6.79. The molecule has 1 aromatic carbocycles. The van der Waals surface area contributed by atoms with E-state index >= 15 is 0 Å². The molecule has 1 aliphatic heterocycles. The van der Waals surface area contributed by atoms with Crippen LogP contribution in [0, 0.1) is 0 Å². The lowest BCUT2D eigenvalue weighted by molar-refractivity contribution is -0.157. The normalized spacial score (nSPS) is 19.5. The third kappa shape index (κ3) is 3.21. The predicted molar refractivity (Wildman–Crippen MR) is 65.1 cm³/mol. The van der Waals surface area contributed by atoms with E-state index < -0.39 is 6.10 Å². The predicted octanol–water partition coefficient (Wildman–Crippen LogP) is 0.766. The summed E-state index contributed by atoms with van der Waals surface area (Å²) in [5, 5.41) is 9.19. The number of hydrogen-bond donors (Lipinski definition) is 1. The number of carbonyl (C=O) groups is 1. The highest BCUT2D eigenvalue weighted by Gasteiger charge is 2.25.